The monoisotopic (exact) mass is 372 g/mol. The summed E-state index contributed by atoms with van der Waals surface area (Å²) in [4.78, 5) is 42.0. The third-order valence-corrected chi connectivity index (χ3v) is 5.50. The highest BCUT2D eigenvalue weighted by atomic mass is 32.1. The fourth-order valence-corrected chi connectivity index (χ4v) is 3.94. The largest absolute Gasteiger partial charge is 0.333 e. The van der Waals surface area contributed by atoms with Gasteiger partial charge < -0.3 is 10.2 Å². The molecule has 2 aromatic rings. The third kappa shape index (κ3) is 3.30. The van der Waals surface area contributed by atoms with E-state index in [1.54, 1.807) is 11.0 Å². The van der Waals surface area contributed by atoms with Crippen LogP contribution in [0.5, 0.6) is 0 Å². The van der Waals surface area contributed by atoms with Crippen LogP contribution in [0.3, 0.4) is 0 Å². The number of benzene rings is 1. The van der Waals surface area contributed by atoms with Crippen molar-refractivity contribution in [1.29, 1.82) is 0 Å². The Labute approximate surface area is 153 Å². The number of nitrogens with one attached hydrogen (secondary N) is 1. The van der Waals surface area contributed by atoms with Crippen LogP contribution in [0, 0.1) is 16.0 Å². The van der Waals surface area contributed by atoms with E-state index in [0.29, 0.717) is 30.2 Å². The van der Waals surface area contributed by atoms with Crippen LogP contribution in [0.4, 0.5) is 10.8 Å². The van der Waals surface area contributed by atoms with E-state index in [-0.39, 0.29) is 23.4 Å². The normalized spacial score (nSPS) is 16.1. The van der Waals surface area contributed by atoms with Gasteiger partial charge in [-0.1, -0.05) is 17.4 Å². The highest BCUT2D eigenvalue weighted by molar-refractivity contribution is 7.15. The minimum atomic E-state index is -0.511. The number of amides is 2. The molecule has 2 heterocycles. The summed E-state index contributed by atoms with van der Waals surface area (Å²) in [6.07, 6.45) is 2.47. The number of carbonyl (C=O) groups is 2. The Balaban J connectivity index is 1.48. The second-order valence-corrected chi connectivity index (χ2v) is 7.52. The van der Waals surface area contributed by atoms with Gasteiger partial charge >= 0.3 is 0 Å². The van der Waals surface area contributed by atoms with Crippen LogP contribution in [0.15, 0.2) is 24.3 Å². The Bertz CT molecular complexity index is 906. The van der Waals surface area contributed by atoms with Crippen LogP contribution >= 0.6 is 11.3 Å². The molecule has 0 atom stereocenters. The van der Waals surface area contributed by atoms with Gasteiger partial charge in [0.2, 0.25) is 5.91 Å². The molecule has 1 fully saturated rings. The van der Waals surface area contributed by atoms with Crippen molar-refractivity contribution in [2.45, 2.75) is 25.8 Å². The molecular formula is C17H16N4O4S. The van der Waals surface area contributed by atoms with Crippen molar-refractivity contribution in [1.82, 2.24) is 9.88 Å². The molecule has 1 aliphatic carbocycles. The first-order valence-corrected chi connectivity index (χ1v) is 9.16. The molecule has 2 amide bonds. The molecule has 1 aliphatic heterocycles. The molecule has 1 saturated carbocycles. The fourth-order valence-electron chi connectivity index (χ4n) is 2.91. The number of non-ortho nitro benzene ring substituents is 1. The number of hydrogen-bond acceptors (Lipinski definition) is 6. The van der Waals surface area contributed by atoms with E-state index < -0.39 is 4.92 Å². The average molecular weight is 372 g/mol. The smallest absolute Gasteiger partial charge is 0.270 e. The Morgan fingerprint density at radius 1 is 1.35 bits per heavy atom. The van der Waals surface area contributed by atoms with Gasteiger partial charge in [0.15, 0.2) is 5.13 Å². The zero-order valence-electron chi connectivity index (χ0n) is 13.8. The van der Waals surface area contributed by atoms with Gasteiger partial charge in [0.05, 0.1) is 17.2 Å². The SMILES string of the molecule is O=C(Nc1nc2c(s1)CN(C(=O)c1cccc([N+](=O)[O-])c1)CC2)C1CC1. The fraction of sp³-hybridized carbons (Fsp3) is 0.353. The topological polar surface area (TPSA) is 105 Å². The molecule has 0 saturated heterocycles. The zero-order valence-corrected chi connectivity index (χ0v) is 14.6. The van der Waals surface area contributed by atoms with E-state index >= 15 is 0 Å². The lowest BCUT2D eigenvalue weighted by Gasteiger charge is -2.26. The lowest BCUT2D eigenvalue weighted by molar-refractivity contribution is -0.384. The zero-order chi connectivity index (χ0) is 18.3. The predicted molar refractivity (Wildman–Crippen MR) is 95.0 cm³/mol. The van der Waals surface area contributed by atoms with Gasteiger partial charge in [0, 0.05) is 41.5 Å². The summed E-state index contributed by atoms with van der Waals surface area (Å²) in [5, 5.41) is 14.3. The van der Waals surface area contributed by atoms with Crippen molar-refractivity contribution >= 4 is 34.0 Å². The highest BCUT2D eigenvalue weighted by Crippen LogP contribution is 2.33. The van der Waals surface area contributed by atoms with Gasteiger partial charge in [0.25, 0.3) is 11.6 Å². The Morgan fingerprint density at radius 3 is 2.88 bits per heavy atom. The summed E-state index contributed by atoms with van der Waals surface area (Å²) in [5.74, 6) is -0.111. The quantitative estimate of drug-likeness (QED) is 0.656. The molecule has 26 heavy (non-hydrogen) atoms. The van der Waals surface area contributed by atoms with Crippen LogP contribution in [-0.4, -0.2) is 33.2 Å². The van der Waals surface area contributed by atoms with Crippen LogP contribution in [0.25, 0.3) is 0 Å². The number of fused-ring (bicyclic) bond motifs is 1. The Hall–Kier alpha value is -2.81. The molecule has 0 unspecified atom stereocenters. The Morgan fingerprint density at radius 2 is 2.15 bits per heavy atom. The second-order valence-electron chi connectivity index (χ2n) is 6.44. The standard InChI is InChI=1S/C17H16N4O4S/c22-15(10-4-5-10)19-17-18-13-6-7-20(9-14(13)26-17)16(23)11-2-1-3-12(8-11)21(24)25/h1-3,8,10H,4-7,9H2,(H,18,19,22). The lowest BCUT2D eigenvalue weighted by Crippen LogP contribution is -2.35. The number of nitro groups is 1. The first kappa shape index (κ1) is 16.6. The maximum absolute atomic E-state index is 12.7. The number of aromatic nitrogens is 1. The van der Waals surface area contributed by atoms with Crippen molar-refractivity contribution in [3.8, 4) is 0 Å². The van der Waals surface area contributed by atoms with Gasteiger partial charge in [-0.05, 0) is 18.9 Å². The number of thiazole rings is 1. The molecule has 9 heteroatoms. The predicted octanol–water partition coefficient (Wildman–Crippen LogP) is 2.60. The molecule has 2 aliphatic rings. The van der Waals surface area contributed by atoms with Crippen LogP contribution in [0.2, 0.25) is 0 Å². The molecule has 0 spiro atoms. The van der Waals surface area contributed by atoms with Gasteiger partial charge in [-0.15, -0.1) is 0 Å². The third-order valence-electron chi connectivity index (χ3n) is 4.50. The number of nitrogens with zero attached hydrogens (tertiary/aromatic N) is 3. The number of rotatable bonds is 4. The van der Waals surface area contributed by atoms with Crippen molar-refractivity contribution in [2.24, 2.45) is 5.92 Å². The van der Waals surface area contributed by atoms with E-state index in [1.165, 1.54) is 29.5 Å². The second kappa shape index (κ2) is 6.49. The first-order chi connectivity index (χ1) is 12.5. The summed E-state index contributed by atoms with van der Waals surface area (Å²) < 4.78 is 0. The van der Waals surface area contributed by atoms with E-state index in [2.05, 4.69) is 10.3 Å². The van der Waals surface area contributed by atoms with Crippen molar-refractivity contribution in [3.63, 3.8) is 0 Å². The first-order valence-electron chi connectivity index (χ1n) is 8.34. The Kier molecular flexibility index (Phi) is 4.15. The summed E-state index contributed by atoms with van der Waals surface area (Å²) >= 11 is 1.39. The van der Waals surface area contributed by atoms with E-state index in [4.69, 9.17) is 0 Å². The summed E-state index contributed by atoms with van der Waals surface area (Å²) in [7, 11) is 0. The summed E-state index contributed by atoms with van der Waals surface area (Å²) in [5.41, 5.74) is 1.11. The van der Waals surface area contributed by atoms with Crippen molar-refractivity contribution < 1.29 is 14.5 Å². The molecule has 0 radical (unpaired) electrons. The summed E-state index contributed by atoms with van der Waals surface area (Å²) in [6, 6.07) is 5.76. The van der Waals surface area contributed by atoms with Gasteiger partial charge in [-0.2, -0.15) is 0 Å². The van der Waals surface area contributed by atoms with Crippen LogP contribution in [0.1, 0.15) is 33.8 Å². The minimum Gasteiger partial charge on any atom is -0.333 e. The van der Waals surface area contributed by atoms with Crippen molar-refractivity contribution in [2.75, 3.05) is 11.9 Å². The van der Waals surface area contributed by atoms with E-state index in [9.17, 15) is 19.7 Å². The molecule has 134 valence electrons. The average Bonchev–Trinajstić information content (AvgIpc) is 3.41. The van der Waals surface area contributed by atoms with Gasteiger partial charge in [-0.25, -0.2) is 4.98 Å². The summed E-state index contributed by atoms with van der Waals surface area (Å²) in [6.45, 7) is 0.891. The minimum absolute atomic E-state index is 0.0145. The van der Waals surface area contributed by atoms with Gasteiger partial charge in [-0.3, -0.25) is 19.7 Å². The molecule has 4 rings (SSSR count). The van der Waals surface area contributed by atoms with Gasteiger partial charge in [0.1, 0.15) is 0 Å². The molecule has 1 aromatic carbocycles. The van der Waals surface area contributed by atoms with Crippen molar-refractivity contribution in [3.05, 3.63) is 50.5 Å². The molecule has 0 bridgehead atoms. The maximum atomic E-state index is 12.7. The number of nitro benzene ring substituents is 1. The van der Waals surface area contributed by atoms with Crippen LogP contribution in [-0.2, 0) is 17.8 Å². The lowest BCUT2D eigenvalue weighted by atomic mass is 10.1. The molecule has 1 aromatic heterocycles. The number of hydrogen-bond donors (Lipinski definition) is 1. The van der Waals surface area contributed by atoms with E-state index in [1.807, 2.05) is 0 Å². The van der Waals surface area contributed by atoms with E-state index in [0.717, 1.165) is 23.4 Å². The number of carbonyl (C=O) groups excluding carboxylic acids is 2. The molecular weight excluding hydrogens is 356 g/mol. The maximum Gasteiger partial charge on any atom is 0.270 e. The molecule has 8 nitrogen and oxygen atoms in total. The number of anilines is 1. The molecule has 1 N–H and O–H groups in total. The highest BCUT2D eigenvalue weighted by Gasteiger charge is 2.31. The van der Waals surface area contributed by atoms with Crippen LogP contribution < -0.4 is 5.32 Å².